The van der Waals surface area contributed by atoms with E-state index in [-0.39, 0.29) is 12.3 Å². The van der Waals surface area contributed by atoms with Gasteiger partial charge in [-0.15, -0.1) is 5.10 Å². The third kappa shape index (κ3) is 3.28. The number of methoxy groups -OCH3 is 1. The third-order valence-electron chi connectivity index (χ3n) is 2.85. The van der Waals surface area contributed by atoms with Crippen LogP contribution in [0.15, 0.2) is 36.4 Å². The molecule has 0 saturated carbocycles. The minimum absolute atomic E-state index is 0.174. The molecule has 1 aromatic heterocycles. The summed E-state index contributed by atoms with van der Waals surface area (Å²) in [6, 6.07) is 7.30. The SMILES string of the molecule is C=C(C)COC(=O)c1nnn(-c2ccc(OC)cc2)c1C. The zero-order chi connectivity index (χ0) is 15.4. The second-order valence-corrected chi connectivity index (χ2v) is 4.67. The maximum absolute atomic E-state index is 11.9. The van der Waals surface area contributed by atoms with Crippen molar-refractivity contribution in [3.05, 3.63) is 47.8 Å². The van der Waals surface area contributed by atoms with Crippen LogP contribution < -0.4 is 4.74 Å². The molecular weight excluding hydrogens is 270 g/mol. The van der Waals surface area contributed by atoms with Gasteiger partial charge in [-0.3, -0.25) is 0 Å². The van der Waals surface area contributed by atoms with Gasteiger partial charge in [0.1, 0.15) is 12.4 Å². The number of rotatable bonds is 5. The maximum atomic E-state index is 11.9. The quantitative estimate of drug-likeness (QED) is 0.623. The van der Waals surface area contributed by atoms with E-state index in [2.05, 4.69) is 16.9 Å². The van der Waals surface area contributed by atoms with Gasteiger partial charge < -0.3 is 9.47 Å². The summed E-state index contributed by atoms with van der Waals surface area (Å²) in [5.41, 5.74) is 2.38. The number of benzene rings is 1. The number of carbonyl (C=O) groups excluding carboxylic acids is 1. The Morgan fingerprint density at radius 1 is 1.33 bits per heavy atom. The highest BCUT2D eigenvalue weighted by atomic mass is 16.5. The van der Waals surface area contributed by atoms with Crippen LogP contribution in [0.2, 0.25) is 0 Å². The number of carbonyl (C=O) groups is 1. The fourth-order valence-electron chi connectivity index (χ4n) is 1.74. The van der Waals surface area contributed by atoms with Gasteiger partial charge in [-0.25, -0.2) is 9.48 Å². The first-order valence-electron chi connectivity index (χ1n) is 6.41. The third-order valence-corrected chi connectivity index (χ3v) is 2.85. The lowest BCUT2D eigenvalue weighted by molar-refractivity contribution is 0.0532. The first-order valence-corrected chi connectivity index (χ1v) is 6.41. The zero-order valence-corrected chi connectivity index (χ0v) is 12.3. The van der Waals surface area contributed by atoms with Gasteiger partial charge in [0.25, 0.3) is 0 Å². The van der Waals surface area contributed by atoms with Crippen LogP contribution in [0.3, 0.4) is 0 Å². The fourth-order valence-corrected chi connectivity index (χ4v) is 1.74. The lowest BCUT2D eigenvalue weighted by Crippen LogP contribution is -2.09. The second kappa shape index (κ2) is 6.21. The summed E-state index contributed by atoms with van der Waals surface area (Å²) in [7, 11) is 1.60. The Morgan fingerprint density at radius 3 is 2.57 bits per heavy atom. The molecule has 6 nitrogen and oxygen atoms in total. The Kier molecular flexibility index (Phi) is 4.37. The fraction of sp³-hybridized carbons (Fsp3) is 0.267. The van der Waals surface area contributed by atoms with E-state index in [1.807, 2.05) is 24.3 Å². The smallest absolute Gasteiger partial charge is 0.361 e. The van der Waals surface area contributed by atoms with Crippen LogP contribution in [0.4, 0.5) is 0 Å². The summed E-state index contributed by atoms with van der Waals surface area (Å²) in [4.78, 5) is 11.9. The number of esters is 1. The van der Waals surface area contributed by atoms with Crippen molar-refractivity contribution in [1.29, 1.82) is 0 Å². The Balaban J connectivity index is 2.23. The van der Waals surface area contributed by atoms with E-state index in [9.17, 15) is 4.79 Å². The molecule has 0 atom stereocenters. The van der Waals surface area contributed by atoms with Crippen LogP contribution in [0.5, 0.6) is 5.75 Å². The van der Waals surface area contributed by atoms with E-state index < -0.39 is 5.97 Å². The van der Waals surface area contributed by atoms with Gasteiger partial charge in [0.2, 0.25) is 0 Å². The molecular formula is C15H17N3O3. The highest BCUT2D eigenvalue weighted by Gasteiger charge is 2.18. The van der Waals surface area contributed by atoms with Gasteiger partial charge >= 0.3 is 5.97 Å². The van der Waals surface area contributed by atoms with Crippen LogP contribution in [-0.4, -0.2) is 34.7 Å². The van der Waals surface area contributed by atoms with Gasteiger partial charge in [0, 0.05) is 0 Å². The summed E-state index contributed by atoms with van der Waals surface area (Å²) in [5, 5.41) is 7.88. The number of nitrogens with zero attached hydrogens (tertiary/aromatic N) is 3. The molecule has 0 amide bonds. The largest absolute Gasteiger partial charge is 0.497 e. The minimum Gasteiger partial charge on any atom is -0.497 e. The van der Waals surface area contributed by atoms with Crippen molar-refractivity contribution in [2.75, 3.05) is 13.7 Å². The topological polar surface area (TPSA) is 66.2 Å². The van der Waals surface area contributed by atoms with Crippen LogP contribution >= 0.6 is 0 Å². The average molecular weight is 287 g/mol. The Labute approximate surface area is 123 Å². The number of ether oxygens (including phenoxy) is 2. The van der Waals surface area contributed by atoms with Crippen molar-refractivity contribution in [1.82, 2.24) is 15.0 Å². The summed E-state index contributed by atoms with van der Waals surface area (Å²) >= 11 is 0. The Morgan fingerprint density at radius 2 is 2.00 bits per heavy atom. The highest BCUT2D eigenvalue weighted by molar-refractivity contribution is 5.88. The maximum Gasteiger partial charge on any atom is 0.361 e. The second-order valence-electron chi connectivity index (χ2n) is 4.67. The molecule has 0 unspecified atom stereocenters. The lowest BCUT2D eigenvalue weighted by atomic mass is 10.3. The van der Waals surface area contributed by atoms with Crippen molar-refractivity contribution >= 4 is 5.97 Å². The van der Waals surface area contributed by atoms with E-state index in [1.54, 1.807) is 25.6 Å². The van der Waals surface area contributed by atoms with Gasteiger partial charge in [-0.05, 0) is 43.7 Å². The summed E-state index contributed by atoms with van der Waals surface area (Å²) < 4.78 is 11.8. The predicted octanol–water partition coefficient (Wildman–Crippen LogP) is 2.32. The molecule has 0 N–H and O–H groups in total. The van der Waals surface area contributed by atoms with Gasteiger partial charge in [-0.2, -0.15) is 0 Å². The van der Waals surface area contributed by atoms with E-state index in [0.29, 0.717) is 5.69 Å². The van der Waals surface area contributed by atoms with Gasteiger partial charge in [0.15, 0.2) is 5.69 Å². The summed E-state index contributed by atoms with van der Waals surface area (Å²) in [6.45, 7) is 7.41. The first-order chi connectivity index (χ1) is 10.0. The lowest BCUT2D eigenvalue weighted by Gasteiger charge is -2.05. The standard InChI is InChI=1S/C15H17N3O3/c1-10(2)9-21-15(19)14-11(3)18(17-16-14)12-5-7-13(20-4)8-6-12/h5-8H,1,9H2,2-4H3. The van der Waals surface area contributed by atoms with E-state index in [0.717, 1.165) is 17.0 Å². The molecule has 0 aliphatic rings. The molecule has 21 heavy (non-hydrogen) atoms. The van der Waals surface area contributed by atoms with Crippen LogP contribution in [0, 0.1) is 6.92 Å². The molecule has 0 radical (unpaired) electrons. The van der Waals surface area contributed by atoms with E-state index in [1.165, 1.54) is 0 Å². The van der Waals surface area contributed by atoms with Crippen LogP contribution in [0.25, 0.3) is 5.69 Å². The van der Waals surface area contributed by atoms with Gasteiger partial charge in [-0.1, -0.05) is 11.8 Å². The van der Waals surface area contributed by atoms with Crippen LogP contribution in [-0.2, 0) is 4.74 Å². The van der Waals surface area contributed by atoms with Crippen molar-refractivity contribution in [2.24, 2.45) is 0 Å². The molecule has 6 heteroatoms. The molecule has 2 aromatic rings. The van der Waals surface area contributed by atoms with E-state index >= 15 is 0 Å². The zero-order valence-electron chi connectivity index (χ0n) is 12.3. The van der Waals surface area contributed by atoms with Crippen molar-refractivity contribution < 1.29 is 14.3 Å². The molecule has 110 valence electrons. The monoisotopic (exact) mass is 287 g/mol. The highest BCUT2D eigenvalue weighted by Crippen LogP contribution is 2.17. The van der Waals surface area contributed by atoms with E-state index in [4.69, 9.17) is 9.47 Å². The molecule has 0 aliphatic heterocycles. The van der Waals surface area contributed by atoms with Crippen molar-refractivity contribution in [3.8, 4) is 11.4 Å². The number of aromatic nitrogens is 3. The number of hydrogen-bond acceptors (Lipinski definition) is 5. The predicted molar refractivity (Wildman–Crippen MR) is 77.7 cm³/mol. The van der Waals surface area contributed by atoms with Crippen molar-refractivity contribution in [3.63, 3.8) is 0 Å². The molecule has 2 rings (SSSR count). The summed E-state index contributed by atoms with van der Waals surface area (Å²) in [6.07, 6.45) is 0. The molecule has 0 aliphatic carbocycles. The molecule has 0 spiro atoms. The summed E-state index contributed by atoms with van der Waals surface area (Å²) in [5.74, 6) is 0.243. The molecule has 1 heterocycles. The van der Waals surface area contributed by atoms with Crippen molar-refractivity contribution in [2.45, 2.75) is 13.8 Å². The minimum atomic E-state index is -0.504. The first kappa shape index (κ1) is 14.8. The Bertz CT molecular complexity index is 659. The van der Waals surface area contributed by atoms with Gasteiger partial charge in [0.05, 0.1) is 18.5 Å². The Hall–Kier alpha value is -2.63. The molecule has 0 bridgehead atoms. The average Bonchev–Trinajstić information content (AvgIpc) is 2.86. The number of hydrogen-bond donors (Lipinski definition) is 0. The normalized spacial score (nSPS) is 10.2. The molecule has 0 saturated heterocycles. The molecule has 0 fully saturated rings. The van der Waals surface area contributed by atoms with Crippen LogP contribution in [0.1, 0.15) is 23.1 Å². The molecule has 1 aromatic carbocycles.